The first-order chi connectivity index (χ1) is 10.0. The van der Waals surface area contributed by atoms with Crippen molar-refractivity contribution in [2.45, 2.75) is 31.7 Å². The molecule has 0 fully saturated rings. The van der Waals surface area contributed by atoms with Crippen LogP contribution in [0.5, 0.6) is 0 Å². The third-order valence-corrected chi connectivity index (χ3v) is 4.50. The normalized spacial score (nSPS) is 11.5. The van der Waals surface area contributed by atoms with E-state index in [2.05, 4.69) is 21.9 Å². The first kappa shape index (κ1) is 15.6. The Balaban J connectivity index is 2.11. The SMILES string of the molecule is CCCNCc1cc(S(=O)(=O)Nc2ccccc2C)c[nH]1. The van der Waals surface area contributed by atoms with Crippen molar-refractivity contribution in [1.29, 1.82) is 0 Å². The molecule has 1 aromatic carbocycles. The van der Waals surface area contributed by atoms with Crippen LogP contribution in [0, 0.1) is 6.92 Å². The summed E-state index contributed by atoms with van der Waals surface area (Å²) in [5.41, 5.74) is 2.35. The van der Waals surface area contributed by atoms with Gasteiger partial charge in [0.2, 0.25) is 0 Å². The number of rotatable bonds is 7. The lowest BCUT2D eigenvalue weighted by molar-refractivity contribution is 0.601. The molecule has 0 spiro atoms. The Hall–Kier alpha value is -1.79. The average molecular weight is 307 g/mol. The quantitative estimate of drug-likeness (QED) is 0.688. The van der Waals surface area contributed by atoms with Gasteiger partial charge in [-0.15, -0.1) is 0 Å². The molecule has 3 N–H and O–H groups in total. The molecule has 21 heavy (non-hydrogen) atoms. The first-order valence-corrected chi connectivity index (χ1v) is 8.47. The van der Waals surface area contributed by atoms with Crippen LogP contribution >= 0.6 is 0 Å². The second kappa shape index (κ2) is 6.78. The minimum absolute atomic E-state index is 0.249. The molecule has 0 aliphatic heterocycles. The highest BCUT2D eigenvalue weighted by atomic mass is 32.2. The predicted molar refractivity (Wildman–Crippen MR) is 84.8 cm³/mol. The molecular formula is C15H21N3O2S. The van der Waals surface area contributed by atoms with Crippen LogP contribution in [0.1, 0.15) is 24.6 Å². The summed E-state index contributed by atoms with van der Waals surface area (Å²) in [7, 11) is -3.55. The van der Waals surface area contributed by atoms with E-state index in [9.17, 15) is 8.42 Å². The van der Waals surface area contributed by atoms with Crippen molar-refractivity contribution < 1.29 is 8.42 Å². The largest absolute Gasteiger partial charge is 0.363 e. The molecule has 0 radical (unpaired) electrons. The van der Waals surface area contributed by atoms with E-state index >= 15 is 0 Å². The van der Waals surface area contributed by atoms with Gasteiger partial charge in [-0.25, -0.2) is 8.42 Å². The molecule has 5 nitrogen and oxygen atoms in total. The van der Waals surface area contributed by atoms with Gasteiger partial charge in [-0.1, -0.05) is 25.1 Å². The Kier molecular flexibility index (Phi) is 5.03. The lowest BCUT2D eigenvalue weighted by Crippen LogP contribution is -2.14. The van der Waals surface area contributed by atoms with Gasteiger partial charge in [0.15, 0.2) is 0 Å². The predicted octanol–water partition coefficient (Wildman–Crippen LogP) is 2.62. The number of H-pyrrole nitrogens is 1. The molecule has 6 heteroatoms. The van der Waals surface area contributed by atoms with Gasteiger partial charge in [-0.3, -0.25) is 4.72 Å². The highest BCUT2D eigenvalue weighted by Crippen LogP contribution is 2.19. The summed E-state index contributed by atoms with van der Waals surface area (Å²) >= 11 is 0. The molecule has 0 aliphatic carbocycles. The van der Waals surface area contributed by atoms with Crippen LogP contribution in [0.15, 0.2) is 41.4 Å². The van der Waals surface area contributed by atoms with E-state index in [-0.39, 0.29) is 4.90 Å². The molecule has 1 aromatic heterocycles. The van der Waals surface area contributed by atoms with E-state index in [1.807, 2.05) is 25.1 Å². The monoisotopic (exact) mass is 307 g/mol. The van der Waals surface area contributed by atoms with Crippen LogP contribution in [0.25, 0.3) is 0 Å². The summed E-state index contributed by atoms with van der Waals surface area (Å²) in [4.78, 5) is 3.24. The molecule has 0 bridgehead atoms. The number of aromatic amines is 1. The zero-order chi connectivity index (χ0) is 15.3. The Morgan fingerprint density at radius 3 is 2.71 bits per heavy atom. The zero-order valence-electron chi connectivity index (χ0n) is 12.3. The van der Waals surface area contributed by atoms with E-state index in [1.54, 1.807) is 12.1 Å². The summed E-state index contributed by atoms with van der Waals surface area (Å²) in [6, 6.07) is 8.96. The lowest BCUT2D eigenvalue weighted by Gasteiger charge is -2.08. The topological polar surface area (TPSA) is 74.0 Å². The number of hydrogen-bond donors (Lipinski definition) is 3. The minimum atomic E-state index is -3.55. The molecule has 0 amide bonds. The van der Waals surface area contributed by atoms with Crippen molar-refractivity contribution in [2.75, 3.05) is 11.3 Å². The summed E-state index contributed by atoms with van der Waals surface area (Å²) in [5, 5.41) is 3.23. The fourth-order valence-electron chi connectivity index (χ4n) is 1.97. The second-order valence-corrected chi connectivity index (χ2v) is 6.64. The van der Waals surface area contributed by atoms with Crippen LogP contribution in [0.3, 0.4) is 0 Å². The Morgan fingerprint density at radius 2 is 2.00 bits per heavy atom. The molecule has 1 heterocycles. The molecule has 2 aromatic rings. The number of nitrogens with one attached hydrogen (secondary N) is 3. The average Bonchev–Trinajstić information content (AvgIpc) is 2.91. The Morgan fingerprint density at radius 1 is 1.24 bits per heavy atom. The smallest absolute Gasteiger partial charge is 0.263 e. The van der Waals surface area contributed by atoms with Crippen molar-refractivity contribution in [3.8, 4) is 0 Å². The van der Waals surface area contributed by atoms with Gasteiger partial charge in [0.05, 0.1) is 5.69 Å². The fourth-order valence-corrected chi connectivity index (χ4v) is 3.11. The summed E-state index contributed by atoms with van der Waals surface area (Å²) in [5.74, 6) is 0. The minimum Gasteiger partial charge on any atom is -0.363 e. The summed E-state index contributed by atoms with van der Waals surface area (Å²) in [6.45, 7) is 5.50. The van der Waals surface area contributed by atoms with Crippen molar-refractivity contribution in [3.63, 3.8) is 0 Å². The van der Waals surface area contributed by atoms with Crippen LogP contribution in [-0.2, 0) is 16.6 Å². The first-order valence-electron chi connectivity index (χ1n) is 6.99. The molecule has 0 atom stereocenters. The van der Waals surface area contributed by atoms with Crippen molar-refractivity contribution >= 4 is 15.7 Å². The molecule has 2 rings (SSSR count). The third kappa shape index (κ3) is 4.09. The molecule has 114 valence electrons. The van der Waals surface area contributed by atoms with Gasteiger partial charge in [-0.2, -0.15) is 0 Å². The van der Waals surface area contributed by atoms with E-state index in [4.69, 9.17) is 0 Å². The number of para-hydroxylation sites is 1. The summed E-state index contributed by atoms with van der Waals surface area (Å²) in [6.07, 6.45) is 2.56. The van der Waals surface area contributed by atoms with Gasteiger partial charge in [-0.05, 0) is 37.6 Å². The van der Waals surface area contributed by atoms with Crippen LogP contribution in [0.2, 0.25) is 0 Å². The van der Waals surface area contributed by atoms with Crippen molar-refractivity contribution in [3.05, 3.63) is 47.8 Å². The maximum atomic E-state index is 12.3. The molecule has 0 saturated heterocycles. The van der Waals surface area contributed by atoms with Gasteiger partial charge in [0, 0.05) is 18.4 Å². The highest BCUT2D eigenvalue weighted by molar-refractivity contribution is 7.92. The number of sulfonamides is 1. The Bertz CT molecular complexity index is 692. The van der Waals surface area contributed by atoms with Gasteiger partial charge < -0.3 is 10.3 Å². The molecule has 0 aliphatic rings. The lowest BCUT2D eigenvalue weighted by atomic mass is 10.2. The summed E-state index contributed by atoms with van der Waals surface area (Å²) < 4.78 is 27.3. The van der Waals surface area contributed by atoms with E-state index in [0.29, 0.717) is 12.2 Å². The highest BCUT2D eigenvalue weighted by Gasteiger charge is 2.16. The number of aryl methyl sites for hydroxylation is 1. The van der Waals surface area contributed by atoms with Gasteiger partial charge in [0.1, 0.15) is 4.90 Å². The van der Waals surface area contributed by atoms with Crippen LogP contribution in [-0.4, -0.2) is 19.9 Å². The standard InChI is InChI=1S/C15H21N3O2S/c1-3-8-16-10-13-9-14(11-17-13)21(19,20)18-15-7-5-4-6-12(15)2/h4-7,9,11,16-18H,3,8,10H2,1-2H3. The van der Waals surface area contributed by atoms with Crippen LogP contribution < -0.4 is 10.0 Å². The van der Waals surface area contributed by atoms with Crippen molar-refractivity contribution in [1.82, 2.24) is 10.3 Å². The van der Waals surface area contributed by atoms with Crippen molar-refractivity contribution in [2.24, 2.45) is 0 Å². The third-order valence-electron chi connectivity index (χ3n) is 3.16. The van der Waals surface area contributed by atoms with E-state index < -0.39 is 10.0 Å². The molecular weight excluding hydrogens is 286 g/mol. The number of aromatic nitrogens is 1. The van der Waals surface area contributed by atoms with Gasteiger partial charge in [0.25, 0.3) is 10.0 Å². The molecule has 0 saturated carbocycles. The van der Waals surface area contributed by atoms with Gasteiger partial charge >= 0.3 is 0 Å². The molecule has 0 unspecified atom stereocenters. The van der Waals surface area contributed by atoms with E-state index in [1.165, 1.54) is 6.20 Å². The fraction of sp³-hybridized carbons (Fsp3) is 0.333. The number of hydrogen-bond acceptors (Lipinski definition) is 3. The maximum Gasteiger partial charge on any atom is 0.263 e. The maximum absolute atomic E-state index is 12.3. The van der Waals surface area contributed by atoms with Crippen LogP contribution in [0.4, 0.5) is 5.69 Å². The zero-order valence-corrected chi connectivity index (χ0v) is 13.1. The van der Waals surface area contributed by atoms with E-state index in [0.717, 1.165) is 24.2 Å². The number of anilines is 1. The second-order valence-electron chi connectivity index (χ2n) is 4.96. The number of benzene rings is 1. The Labute approximate surface area is 125 Å².